The lowest BCUT2D eigenvalue weighted by atomic mass is 9.92. The third kappa shape index (κ3) is 3.67. The predicted molar refractivity (Wildman–Crippen MR) is 46.7 cm³/mol. The summed E-state index contributed by atoms with van der Waals surface area (Å²) < 4.78 is 11.7. The van der Waals surface area contributed by atoms with Crippen LogP contribution in [0, 0.1) is 5.41 Å². The monoisotopic (exact) mass is 176 g/mol. The summed E-state index contributed by atoms with van der Waals surface area (Å²) in [6.45, 7) is 4.04. The number of hydrogen-bond acceptors (Lipinski definition) is 2. The molecule has 0 spiro atoms. The van der Waals surface area contributed by atoms with Gasteiger partial charge < -0.3 is 10.6 Å². The number of carbonyl (C=O) groups excluding carboxylic acids is 1. The van der Waals surface area contributed by atoms with Crippen molar-refractivity contribution in [2.45, 2.75) is 13.8 Å². The van der Waals surface area contributed by atoms with Gasteiger partial charge in [-0.05, 0) is 13.8 Å². The Morgan fingerprint density at radius 3 is 2.50 bits per heavy atom. The van der Waals surface area contributed by atoms with Gasteiger partial charge in [0.25, 0.3) is 0 Å². The molecule has 0 heterocycles. The molecule has 0 aromatic heterocycles. The van der Waals surface area contributed by atoms with Gasteiger partial charge in [0.1, 0.15) is 6.67 Å². The first-order valence-corrected chi connectivity index (χ1v) is 4.03. The smallest absolute Gasteiger partial charge is 0.226 e. The standard InChI is InChI=1S/C8H17FN2O/c1-8(2,7(12)10-3)6-11-5-4-9/h11H,4-6H2,1-3H3,(H,10,12). The van der Waals surface area contributed by atoms with Gasteiger partial charge in [-0.1, -0.05) is 0 Å². The summed E-state index contributed by atoms with van der Waals surface area (Å²) in [5.41, 5.74) is -0.468. The number of halogens is 1. The van der Waals surface area contributed by atoms with Crippen LogP contribution in [0.1, 0.15) is 13.8 Å². The summed E-state index contributed by atoms with van der Waals surface area (Å²) in [4.78, 5) is 11.2. The molecule has 1 amide bonds. The van der Waals surface area contributed by atoms with Crippen molar-refractivity contribution >= 4 is 5.91 Å². The van der Waals surface area contributed by atoms with Crippen molar-refractivity contribution in [3.63, 3.8) is 0 Å². The molecule has 72 valence electrons. The number of hydrogen-bond donors (Lipinski definition) is 2. The van der Waals surface area contributed by atoms with Crippen LogP contribution in [0.25, 0.3) is 0 Å². The summed E-state index contributed by atoms with van der Waals surface area (Å²) in [6, 6.07) is 0. The van der Waals surface area contributed by atoms with Crippen LogP contribution in [-0.4, -0.2) is 32.7 Å². The van der Waals surface area contributed by atoms with Crippen LogP contribution in [0.2, 0.25) is 0 Å². The minimum absolute atomic E-state index is 0.0335. The quantitative estimate of drug-likeness (QED) is 0.592. The fourth-order valence-corrected chi connectivity index (χ4v) is 0.886. The highest BCUT2D eigenvalue weighted by Gasteiger charge is 2.25. The Bertz CT molecular complexity index is 148. The molecule has 0 unspecified atom stereocenters. The molecule has 0 saturated heterocycles. The number of alkyl halides is 1. The molecule has 0 atom stereocenters. The summed E-state index contributed by atoms with van der Waals surface area (Å²) in [6.07, 6.45) is 0. The Hall–Kier alpha value is -0.640. The van der Waals surface area contributed by atoms with E-state index in [9.17, 15) is 9.18 Å². The van der Waals surface area contributed by atoms with Gasteiger partial charge >= 0.3 is 0 Å². The van der Waals surface area contributed by atoms with Crippen molar-refractivity contribution in [3.05, 3.63) is 0 Å². The first-order chi connectivity index (χ1) is 5.54. The van der Waals surface area contributed by atoms with Crippen molar-refractivity contribution in [3.8, 4) is 0 Å². The van der Waals surface area contributed by atoms with Gasteiger partial charge in [0.15, 0.2) is 0 Å². The Kier molecular flexibility index (Phi) is 4.81. The van der Waals surface area contributed by atoms with E-state index in [-0.39, 0.29) is 5.91 Å². The summed E-state index contributed by atoms with van der Waals surface area (Å²) in [7, 11) is 1.60. The van der Waals surface area contributed by atoms with Crippen molar-refractivity contribution < 1.29 is 9.18 Å². The number of nitrogens with one attached hydrogen (secondary N) is 2. The van der Waals surface area contributed by atoms with Gasteiger partial charge in [0.05, 0.1) is 5.41 Å². The first-order valence-electron chi connectivity index (χ1n) is 4.03. The summed E-state index contributed by atoms with van der Waals surface area (Å²) in [5.74, 6) is -0.0335. The molecule has 0 radical (unpaired) electrons. The molecule has 0 fully saturated rings. The van der Waals surface area contributed by atoms with Gasteiger partial charge in [0.2, 0.25) is 5.91 Å². The maximum absolute atomic E-state index is 11.7. The van der Waals surface area contributed by atoms with E-state index in [2.05, 4.69) is 10.6 Å². The van der Waals surface area contributed by atoms with Crippen molar-refractivity contribution in [1.29, 1.82) is 0 Å². The highest BCUT2D eigenvalue weighted by atomic mass is 19.1. The Morgan fingerprint density at radius 1 is 1.50 bits per heavy atom. The molecule has 0 aliphatic heterocycles. The molecule has 0 aliphatic carbocycles. The second kappa shape index (κ2) is 5.09. The lowest BCUT2D eigenvalue weighted by Crippen LogP contribution is -2.42. The van der Waals surface area contributed by atoms with Crippen molar-refractivity contribution in [2.75, 3.05) is 26.8 Å². The minimum atomic E-state index is -0.468. The molecule has 12 heavy (non-hydrogen) atoms. The average Bonchev–Trinajstić information content (AvgIpc) is 2.03. The predicted octanol–water partition coefficient (Wildman–Crippen LogP) is 0.318. The Labute approximate surface area is 72.7 Å². The molecule has 4 heteroatoms. The summed E-state index contributed by atoms with van der Waals surface area (Å²) in [5, 5.41) is 5.41. The largest absolute Gasteiger partial charge is 0.359 e. The minimum Gasteiger partial charge on any atom is -0.359 e. The van der Waals surface area contributed by atoms with E-state index in [1.54, 1.807) is 7.05 Å². The molecule has 3 nitrogen and oxygen atoms in total. The van der Waals surface area contributed by atoms with Crippen LogP contribution in [0.15, 0.2) is 0 Å². The van der Waals surface area contributed by atoms with Crippen molar-refractivity contribution in [2.24, 2.45) is 5.41 Å². The maximum Gasteiger partial charge on any atom is 0.226 e. The number of carbonyl (C=O) groups is 1. The topological polar surface area (TPSA) is 41.1 Å². The SMILES string of the molecule is CNC(=O)C(C)(C)CNCCF. The normalized spacial score (nSPS) is 11.3. The van der Waals surface area contributed by atoms with Crippen LogP contribution < -0.4 is 10.6 Å². The van der Waals surface area contributed by atoms with Crippen LogP contribution in [0.5, 0.6) is 0 Å². The average molecular weight is 176 g/mol. The maximum atomic E-state index is 11.7. The van der Waals surface area contributed by atoms with Crippen LogP contribution in [-0.2, 0) is 4.79 Å². The van der Waals surface area contributed by atoms with Gasteiger partial charge in [-0.2, -0.15) is 0 Å². The molecule has 0 aliphatic rings. The number of rotatable bonds is 5. The zero-order chi connectivity index (χ0) is 9.61. The van der Waals surface area contributed by atoms with E-state index in [1.807, 2.05) is 13.8 Å². The molecule has 0 bridgehead atoms. The van der Waals surface area contributed by atoms with Gasteiger partial charge in [-0.15, -0.1) is 0 Å². The lowest BCUT2D eigenvalue weighted by Gasteiger charge is -2.22. The second-order valence-electron chi connectivity index (χ2n) is 3.33. The molecular formula is C8H17FN2O. The fourth-order valence-electron chi connectivity index (χ4n) is 0.886. The molecule has 0 rings (SSSR count). The third-order valence-electron chi connectivity index (χ3n) is 1.68. The van der Waals surface area contributed by atoms with Gasteiger partial charge in [-0.25, -0.2) is 4.39 Å². The van der Waals surface area contributed by atoms with Crippen LogP contribution >= 0.6 is 0 Å². The van der Waals surface area contributed by atoms with E-state index in [0.717, 1.165) is 0 Å². The zero-order valence-corrected chi connectivity index (χ0v) is 7.91. The molecular weight excluding hydrogens is 159 g/mol. The molecule has 0 aromatic rings. The van der Waals surface area contributed by atoms with Crippen LogP contribution in [0.3, 0.4) is 0 Å². The van der Waals surface area contributed by atoms with E-state index < -0.39 is 12.1 Å². The van der Waals surface area contributed by atoms with Crippen molar-refractivity contribution in [1.82, 2.24) is 10.6 Å². The third-order valence-corrected chi connectivity index (χ3v) is 1.68. The summed E-state index contributed by atoms with van der Waals surface area (Å²) >= 11 is 0. The fraction of sp³-hybridized carbons (Fsp3) is 0.875. The number of amides is 1. The molecule has 0 saturated carbocycles. The van der Waals surface area contributed by atoms with E-state index in [0.29, 0.717) is 13.1 Å². The highest BCUT2D eigenvalue weighted by Crippen LogP contribution is 2.12. The van der Waals surface area contributed by atoms with Crippen LogP contribution in [0.4, 0.5) is 4.39 Å². The molecule has 2 N–H and O–H groups in total. The molecule has 0 aromatic carbocycles. The Morgan fingerprint density at radius 2 is 2.08 bits per heavy atom. The lowest BCUT2D eigenvalue weighted by molar-refractivity contribution is -0.128. The first kappa shape index (κ1) is 11.4. The second-order valence-corrected chi connectivity index (χ2v) is 3.33. The van der Waals surface area contributed by atoms with E-state index in [4.69, 9.17) is 0 Å². The van der Waals surface area contributed by atoms with Gasteiger partial charge in [0, 0.05) is 20.1 Å². The van der Waals surface area contributed by atoms with Gasteiger partial charge in [-0.3, -0.25) is 4.79 Å². The van der Waals surface area contributed by atoms with E-state index in [1.165, 1.54) is 0 Å². The zero-order valence-electron chi connectivity index (χ0n) is 7.91. The van der Waals surface area contributed by atoms with E-state index >= 15 is 0 Å². The highest BCUT2D eigenvalue weighted by molar-refractivity contribution is 5.81. The Balaban J connectivity index is 3.78.